The van der Waals surface area contributed by atoms with Crippen LogP contribution in [0, 0.1) is 19.7 Å². The van der Waals surface area contributed by atoms with Crippen molar-refractivity contribution in [3.05, 3.63) is 118 Å². The fourth-order valence-electron chi connectivity index (χ4n) is 4.60. The van der Waals surface area contributed by atoms with Crippen LogP contribution in [0.3, 0.4) is 0 Å². The van der Waals surface area contributed by atoms with Gasteiger partial charge in [-0.25, -0.2) is 4.39 Å². The van der Waals surface area contributed by atoms with Crippen molar-refractivity contribution in [2.75, 3.05) is 12.7 Å². The van der Waals surface area contributed by atoms with E-state index in [-0.39, 0.29) is 17.9 Å². The average molecular weight is 522 g/mol. The Hall–Kier alpha value is -3.02. The molecule has 0 radical (unpaired) electrons. The molecule has 0 aliphatic rings. The van der Waals surface area contributed by atoms with Gasteiger partial charge in [-0.1, -0.05) is 42.5 Å². The van der Waals surface area contributed by atoms with Crippen molar-refractivity contribution in [1.82, 2.24) is 5.32 Å². The van der Waals surface area contributed by atoms with Crippen LogP contribution in [0.2, 0.25) is 0 Å². The van der Waals surface area contributed by atoms with Crippen molar-refractivity contribution >= 4 is 7.60 Å². The summed E-state index contributed by atoms with van der Waals surface area (Å²) in [6.07, 6.45) is 2.61. The minimum Gasteiger partial charge on any atom is -0.464 e. The molecule has 0 saturated carbocycles. The fraction of sp³-hybridized carbons (Fsp3) is 0.267. The summed E-state index contributed by atoms with van der Waals surface area (Å²) in [5, 5.41) is 3.26. The van der Waals surface area contributed by atoms with Crippen molar-refractivity contribution in [1.29, 1.82) is 0 Å². The van der Waals surface area contributed by atoms with E-state index in [0.29, 0.717) is 25.9 Å². The van der Waals surface area contributed by atoms with Gasteiger partial charge >= 0.3 is 7.60 Å². The lowest BCUT2D eigenvalue weighted by atomic mass is 9.82. The van der Waals surface area contributed by atoms with Crippen LogP contribution in [0.1, 0.15) is 45.7 Å². The van der Waals surface area contributed by atoms with Gasteiger partial charge in [0.1, 0.15) is 11.6 Å². The predicted molar refractivity (Wildman–Crippen MR) is 145 cm³/mol. The quantitative estimate of drug-likeness (QED) is 0.151. The molecule has 5 nitrogen and oxygen atoms in total. The van der Waals surface area contributed by atoms with E-state index in [1.54, 1.807) is 18.4 Å². The maximum atomic E-state index is 14.3. The van der Waals surface area contributed by atoms with Gasteiger partial charge < -0.3 is 19.5 Å². The Morgan fingerprint density at radius 2 is 1.76 bits per heavy atom. The molecule has 1 aromatic heterocycles. The molecule has 4 rings (SSSR count). The van der Waals surface area contributed by atoms with Crippen LogP contribution in [0.15, 0.2) is 83.5 Å². The first-order chi connectivity index (χ1) is 17.7. The Bertz CT molecular complexity index is 1380. The van der Waals surface area contributed by atoms with Crippen LogP contribution in [0.25, 0.3) is 11.3 Å². The maximum Gasteiger partial charge on any atom is 0.325 e. The van der Waals surface area contributed by atoms with E-state index in [9.17, 15) is 8.96 Å². The summed E-state index contributed by atoms with van der Waals surface area (Å²) in [6.45, 7) is 5.25. The van der Waals surface area contributed by atoms with Crippen molar-refractivity contribution < 1.29 is 23.2 Å². The van der Waals surface area contributed by atoms with Gasteiger partial charge in [-0.05, 0) is 96.9 Å². The maximum absolute atomic E-state index is 14.3. The normalized spacial score (nSPS) is 12.6. The van der Waals surface area contributed by atoms with Gasteiger partial charge in [0.25, 0.3) is 0 Å². The molecule has 4 aromatic rings. The van der Waals surface area contributed by atoms with Crippen molar-refractivity contribution in [3.63, 3.8) is 0 Å². The summed E-state index contributed by atoms with van der Waals surface area (Å²) in [5.41, 5.74) is 7.55. The van der Waals surface area contributed by atoms with E-state index in [4.69, 9.17) is 14.2 Å². The molecule has 1 unspecified atom stereocenters. The third-order valence-electron chi connectivity index (χ3n) is 6.67. The highest BCUT2D eigenvalue weighted by molar-refractivity contribution is 7.51. The minimum absolute atomic E-state index is 0.0943. The topological polar surface area (TPSA) is 82.7 Å². The third kappa shape index (κ3) is 7.50. The van der Waals surface area contributed by atoms with E-state index in [1.807, 2.05) is 24.3 Å². The second-order valence-electron chi connectivity index (χ2n) is 9.55. The molecular weight excluding hydrogens is 488 g/mol. The van der Waals surface area contributed by atoms with Gasteiger partial charge in [0, 0.05) is 18.0 Å². The smallest absolute Gasteiger partial charge is 0.325 e. The highest BCUT2D eigenvalue weighted by Gasteiger charge is 2.22. The number of rotatable bonds is 11. The molecule has 3 N–H and O–H groups in total. The molecule has 0 bridgehead atoms. The first-order valence-corrected chi connectivity index (χ1v) is 14.2. The summed E-state index contributed by atoms with van der Waals surface area (Å²) >= 11 is 0. The van der Waals surface area contributed by atoms with Gasteiger partial charge in [-0.2, -0.15) is 0 Å². The zero-order chi connectivity index (χ0) is 26.4. The number of halogens is 1. The number of aryl methyl sites for hydroxylation is 2. The molecule has 0 fully saturated rings. The first-order valence-electron chi connectivity index (χ1n) is 12.4. The Labute approximate surface area is 217 Å². The largest absolute Gasteiger partial charge is 0.464 e. The molecule has 194 valence electrons. The van der Waals surface area contributed by atoms with Crippen LogP contribution >= 0.6 is 7.60 Å². The van der Waals surface area contributed by atoms with Gasteiger partial charge in [0.2, 0.25) is 0 Å². The lowest BCUT2D eigenvalue weighted by Gasteiger charge is -2.22. The van der Waals surface area contributed by atoms with E-state index in [2.05, 4.69) is 49.5 Å². The summed E-state index contributed by atoms with van der Waals surface area (Å²) in [6, 6.07) is 23.2. The number of nitrogens with one attached hydrogen (secondary N) is 1. The Kier molecular flexibility index (Phi) is 8.78. The summed E-state index contributed by atoms with van der Waals surface area (Å²) in [7, 11) is -3.98. The molecule has 3 aromatic carbocycles. The highest BCUT2D eigenvalue weighted by atomic mass is 31.2. The minimum atomic E-state index is -3.98. The van der Waals surface area contributed by atoms with E-state index in [1.165, 1.54) is 22.8 Å². The molecule has 1 atom stereocenters. The SMILES string of the molecule is Cc1ccc(CC(c2cccc(F)c2)c2ccc(CNCCCP(=O)(O)O)cc2-c2ccco2)cc1C. The van der Waals surface area contributed by atoms with E-state index in [0.717, 1.165) is 28.0 Å². The first kappa shape index (κ1) is 27.0. The molecular formula is C30H33FNO4P. The van der Waals surface area contributed by atoms with Crippen LogP contribution in [-0.4, -0.2) is 22.5 Å². The monoisotopic (exact) mass is 521 g/mol. The summed E-state index contributed by atoms with van der Waals surface area (Å²) in [5.74, 6) is 0.376. The third-order valence-corrected chi connectivity index (χ3v) is 7.57. The number of furan rings is 1. The number of benzene rings is 3. The fourth-order valence-corrected chi connectivity index (χ4v) is 5.17. The lowest BCUT2D eigenvalue weighted by Crippen LogP contribution is -2.16. The molecule has 0 aliphatic carbocycles. The second kappa shape index (κ2) is 12.0. The number of hydrogen-bond donors (Lipinski definition) is 3. The van der Waals surface area contributed by atoms with Crippen molar-refractivity contribution in [3.8, 4) is 11.3 Å². The Morgan fingerprint density at radius 3 is 2.46 bits per heavy atom. The van der Waals surface area contributed by atoms with Gasteiger partial charge in [0.15, 0.2) is 0 Å². The zero-order valence-corrected chi connectivity index (χ0v) is 22.0. The van der Waals surface area contributed by atoms with Crippen molar-refractivity contribution in [2.45, 2.75) is 39.2 Å². The Morgan fingerprint density at radius 1 is 0.946 bits per heavy atom. The second-order valence-corrected chi connectivity index (χ2v) is 11.3. The molecule has 1 heterocycles. The van der Waals surface area contributed by atoms with Gasteiger partial charge in [0.05, 0.1) is 12.4 Å². The van der Waals surface area contributed by atoms with Crippen LogP contribution in [0.5, 0.6) is 0 Å². The summed E-state index contributed by atoms with van der Waals surface area (Å²) < 4.78 is 31.2. The zero-order valence-electron chi connectivity index (χ0n) is 21.2. The van der Waals surface area contributed by atoms with Crippen LogP contribution in [-0.2, 0) is 17.5 Å². The van der Waals surface area contributed by atoms with Gasteiger partial charge in [-0.3, -0.25) is 4.57 Å². The Balaban J connectivity index is 1.67. The average Bonchev–Trinajstić information content (AvgIpc) is 3.39. The van der Waals surface area contributed by atoms with E-state index < -0.39 is 7.60 Å². The van der Waals surface area contributed by atoms with Crippen LogP contribution in [0.4, 0.5) is 4.39 Å². The summed E-state index contributed by atoms with van der Waals surface area (Å²) in [4.78, 5) is 18.1. The molecule has 37 heavy (non-hydrogen) atoms. The molecule has 0 amide bonds. The number of hydrogen-bond acceptors (Lipinski definition) is 3. The molecule has 0 aliphatic heterocycles. The predicted octanol–water partition coefficient (Wildman–Crippen LogP) is 6.73. The van der Waals surface area contributed by atoms with Crippen molar-refractivity contribution in [2.24, 2.45) is 0 Å². The highest BCUT2D eigenvalue weighted by Crippen LogP contribution is 2.37. The standard InChI is InChI=1S/C30H33FNO4P/c1-21-9-10-23(16-22(21)2)17-28(25-6-3-7-26(31)19-25)27-12-11-24(18-29(27)30-8-4-14-36-30)20-32-13-5-15-37(33,34)35/h3-4,6-12,14,16,18-19,28,32H,5,13,15,17,20H2,1-2H3,(H2,33,34,35). The molecule has 7 heteroatoms. The van der Waals surface area contributed by atoms with Gasteiger partial charge in [-0.15, -0.1) is 0 Å². The molecule has 0 saturated heterocycles. The lowest BCUT2D eigenvalue weighted by molar-refractivity contribution is 0.371. The molecule has 0 spiro atoms. The van der Waals surface area contributed by atoms with E-state index >= 15 is 0 Å². The van der Waals surface area contributed by atoms with Crippen LogP contribution < -0.4 is 5.32 Å².